The summed E-state index contributed by atoms with van der Waals surface area (Å²) in [5, 5.41) is 4.32. The number of hydrogen-bond acceptors (Lipinski definition) is 2. The smallest absolute Gasteiger partial charge is 0.123 e. The molecule has 17 heavy (non-hydrogen) atoms. The first-order chi connectivity index (χ1) is 8.19. The summed E-state index contributed by atoms with van der Waals surface area (Å²) in [5.74, 6) is -0.168. The fourth-order valence-corrected chi connectivity index (χ4v) is 3.46. The van der Waals surface area contributed by atoms with E-state index in [1.807, 2.05) is 11.8 Å². The van der Waals surface area contributed by atoms with Gasteiger partial charge in [-0.25, -0.2) is 4.39 Å². The highest BCUT2D eigenvalue weighted by Crippen LogP contribution is 2.28. The van der Waals surface area contributed by atoms with Crippen LogP contribution in [0, 0.1) is 5.82 Å². The minimum atomic E-state index is -0.168. The van der Waals surface area contributed by atoms with Crippen LogP contribution in [-0.2, 0) is 6.54 Å². The normalized spacial score (nSPS) is 24.2. The van der Waals surface area contributed by atoms with Crippen molar-refractivity contribution in [1.29, 1.82) is 0 Å². The van der Waals surface area contributed by atoms with Gasteiger partial charge in [0.05, 0.1) is 0 Å². The van der Waals surface area contributed by atoms with E-state index in [4.69, 9.17) is 0 Å². The van der Waals surface area contributed by atoms with Crippen molar-refractivity contribution >= 4 is 27.7 Å². The Hall–Kier alpha value is -0.0600. The molecule has 0 saturated heterocycles. The summed E-state index contributed by atoms with van der Waals surface area (Å²) in [5.41, 5.74) is 0.998. The molecule has 0 amide bonds. The molecule has 1 aliphatic carbocycles. The Morgan fingerprint density at radius 3 is 3.00 bits per heavy atom. The van der Waals surface area contributed by atoms with Crippen LogP contribution in [0.5, 0.6) is 0 Å². The van der Waals surface area contributed by atoms with Crippen LogP contribution in [0.15, 0.2) is 22.7 Å². The lowest BCUT2D eigenvalue weighted by atomic mass is 10.2. The maximum absolute atomic E-state index is 13.1. The van der Waals surface area contributed by atoms with E-state index in [-0.39, 0.29) is 5.82 Å². The van der Waals surface area contributed by atoms with Crippen molar-refractivity contribution in [2.24, 2.45) is 0 Å². The van der Waals surface area contributed by atoms with E-state index >= 15 is 0 Å². The molecule has 1 aliphatic rings. The molecule has 2 unspecified atom stereocenters. The fourth-order valence-electron chi connectivity index (χ4n) is 2.27. The van der Waals surface area contributed by atoms with Gasteiger partial charge in [-0.2, -0.15) is 11.8 Å². The lowest BCUT2D eigenvalue weighted by molar-refractivity contribution is 0.522. The third kappa shape index (κ3) is 3.70. The van der Waals surface area contributed by atoms with Crippen molar-refractivity contribution < 1.29 is 4.39 Å². The topological polar surface area (TPSA) is 12.0 Å². The molecule has 94 valence electrons. The highest BCUT2D eigenvalue weighted by atomic mass is 79.9. The number of hydrogen-bond donors (Lipinski definition) is 1. The van der Waals surface area contributed by atoms with Crippen LogP contribution in [0.2, 0.25) is 0 Å². The second kappa shape index (κ2) is 6.21. The Morgan fingerprint density at radius 1 is 1.47 bits per heavy atom. The van der Waals surface area contributed by atoms with Crippen molar-refractivity contribution in [3.8, 4) is 0 Å². The summed E-state index contributed by atoms with van der Waals surface area (Å²) in [4.78, 5) is 0. The van der Waals surface area contributed by atoms with E-state index in [1.165, 1.54) is 25.3 Å². The zero-order chi connectivity index (χ0) is 12.3. The highest BCUT2D eigenvalue weighted by molar-refractivity contribution is 9.10. The summed E-state index contributed by atoms with van der Waals surface area (Å²) in [6.45, 7) is 0.740. The van der Waals surface area contributed by atoms with Crippen LogP contribution in [0.1, 0.15) is 24.8 Å². The molecule has 0 aromatic heterocycles. The van der Waals surface area contributed by atoms with Gasteiger partial charge in [0.15, 0.2) is 0 Å². The number of nitrogens with one attached hydrogen (secondary N) is 1. The average molecular weight is 318 g/mol. The number of rotatable bonds is 4. The largest absolute Gasteiger partial charge is 0.310 e. The van der Waals surface area contributed by atoms with Crippen molar-refractivity contribution in [2.45, 2.75) is 37.1 Å². The molecule has 1 aromatic carbocycles. The molecule has 0 spiro atoms. The second-order valence-electron chi connectivity index (χ2n) is 4.48. The number of thioether (sulfide) groups is 1. The molecule has 0 radical (unpaired) electrons. The Balaban J connectivity index is 1.88. The number of halogens is 2. The molecule has 0 heterocycles. The van der Waals surface area contributed by atoms with Gasteiger partial charge < -0.3 is 5.32 Å². The van der Waals surface area contributed by atoms with Crippen LogP contribution in [0.25, 0.3) is 0 Å². The fraction of sp³-hybridized carbons (Fsp3) is 0.538. The van der Waals surface area contributed by atoms with Gasteiger partial charge in [-0.3, -0.25) is 0 Å². The summed E-state index contributed by atoms with van der Waals surface area (Å²) in [6.07, 6.45) is 5.94. The molecule has 4 heteroatoms. The van der Waals surface area contributed by atoms with Crippen LogP contribution >= 0.6 is 27.7 Å². The van der Waals surface area contributed by atoms with Gasteiger partial charge in [-0.1, -0.05) is 15.9 Å². The van der Waals surface area contributed by atoms with E-state index in [9.17, 15) is 4.39 Å². The van der Waals surface area contributed by atoms with Gasteiger partial charge in [-0.15, -0.1) is 0 Å². The van der Waals surface area contributed by atoms with Crippen LogP contribution < -0.4 is 5.32 Å². The van der Waals surface area contributed by atoms with E-state index in [2.05, 4.69) is 27.5 Å². The number of benzene rings is 1. The summed E-state index contributed by atoms with van der Waals surface area (Å²) < 4.78 is 14.1. The van der Waals surface area contributed by atoms with Crippen LogP contribution in [-0.4, -0.2) is 17.5 Å². The van der Waals surface area contributed by atoms with Gasteiger partial charge in [0.25, 0.3) is 0 Å². The van der Waals surface area contributed by atoms with E-state index in [0.717, 1.165) is 21.8 Å². The van der Waals surface area contributed by atoms with Crippen LogP contribution in [0.3, 0.4) is 0 Å². The third-order valence-electron chi connectivity index (χ3n) is 3.31. The monoisotopic (exact) mass is 317 g/mol. The molecule has 0 bridgehead atoms. The lowest BCUT2D eigenvalue weighted by Gasteiger charge is -2.13. The molecule has 1 fully saturated rings. The molecule has 1 aromatic rings. The summed E-state index contributed by atoms with van der Waals surface area (Å²) >= 11 is 5.41. The van der Waals surface area contributed by atoms with Crippen molar-refractivity contribution in [2.75, 3.05) is 6.26 Å². The zero-order valence-corrected chi connectivity index (χ0v) is 12.3. The quantitative estimate of drug-likeness (QED) is 0.902. The van der Waals surface area contributed by atoms with Crippen molar-refractivity contribution in [3.05, 3.63) is 34.1 Å². The Labute approximate surface area is 115 Å². The van der Waals surface area contributed by atoms with Crippen molar-refractivity contribution in [1.82, 2.24) is 5.32 Å². The van der Waals surface area contributed by atoms with Crippen LogP contribution in [0.4, 0.5) is 4.39 Å². The SMILES string of the molecule is CSC1CCC(NCc2cc(F)ccc2Br)C1. The Bertz CT molecular complexity index is 386. The molecule has 1 N–H and O–H groups in total. The van der Waals surface area contributed by atoms with Crippen molar-refractivity contribution in [3.63, 3.8) is 0 Å². The zero-order valence-electron chi connectivity index (χ0n) is 9.88. The second-order valence-corrected chi connectivity index (χ2v) is 6.48. The predicted molar refractivity (Wildman–Crippen MR) is 75.9 cm³/mol. The molecule has 2 rings (SSSR count). The molecule has 0 aliphatic heterocycles. The maximum atomic E-state index is 13.1. The average Bonchev–Trinajstić information content (AvgIpc) is 2.78. The lowest BCUT2D eigenvalue weighted by Crippen LogP contribution is -2.26. The minimum Gasteiger partial charge on any atom is -0.310 e. The third-order valence-corrected chi connectivity index (χ3v) is 5.18. The summed E-state index contributed by atoms with van der Waals surface area (Å²) in [6, 6.07) is 5.43. The molecule has 1 nitrogen and oxygen atoms in total. The maximum Gasteiger partial charge on any atom is 0.123 e. The standard InChI is InChI=1S/C13H17BrFNS/c1-17-12-4-3-11(7-12)16-8-9-6-10(15)2-5-13(9)14/h2,5-6,11-12,16H,3-4,7-8H2,1H3. The molecular formula is C13H17BrFNS. The minimum absolute atomic E-state index is 0.168. The van der Waals surface area contributed by atoms with E-state index in [1.54, 1.807) is 12.1 Å². The first-order valence-corrected chi connectivity index (χ1v) is 7.97. The molecular weight excluding hydrogens is 301 g/mol. The Morgan fingerprint density at radius 2 is 2.29 bits per heavy atom. The predicted octanol–water partition coefficient (Wildman–Crippen LogP) is 3.96. The Kier molecular flexibility index (Phi) is 4.88. The first kappa shape index (κ1) is 13.4. The van der Waals surface area contributed by atoms with Gasteiger partial charge in [0.2, 0.25) is 0 Å². The summed E-state index contributed by atoms with van der Waals surface area (Å²) in [7, 11) is 0. The van der Waals surface area contributed by atoms with E-state index in [0.29, 0.717) is 6.04 Å². The van der Waals surface area contributed by atoms with Gasteiger partial charge in [0.1, 0.15) is 5.82 Å². The molecule has 2 atom stereocenters. The van der Waals surface area contributed by atoms with Gasteiger partial charge >= 0.3 is 0 Å². The first-order valence-electron chi connectivity index (χ1n) is 5.89. The molecule has 1 saturated carbocycles. The van der Waals surface area contributed by atoms with Gasteiger partial charge in [0, 0.05) is 22.3 Å². The van der Waals surface area contributed by atoms with E-state index < -0.39 is 0 Å². The highest BCUT2D eigenvalue weighted by Gasteiger charge is 2.23. The van der Waals surface area contributed by atoms with Gasteiger partial charge in [-0.05, 0) is 49.3 Å².